The lowest BCUT2D eigenvalue weighted by molar-refractivity contribution is 0.239. The van der Waals surface area contributed by atoms with Crippen LogP contribution in [0.15, 0.2) is 54.6 Å². The van der Waals surface area contributed by atoms with Crippen LogP contribution in [0.25, 0.3) is 0 Å². The van der Waals surface area contributed by atoms with Crippen molar-refractivity contribution >= 4 is 16.8 Å². The third-order valence-corrected chi connectivity index (χ3v) is 4.04. The van der Waals surface area contributed by atoms with E-state index in [4.69, 9.17) is 0 Å². The molecule has 6 heteroatoms. The van der Waals surface area contributed by atoms with Crippen LogP contribution >= 0.6 is 0 Å². The van der Waals surface area contributed by atoms with Gasteiger partial charge in [-0.15, -0.1) is 0 Å². The summed E-state index contributed by atoms with van der Waals surface area (Å²) in [6.45, 7) is 0.319. The number of rotatable bonds is 6. The summed E-state index contributed by atoms with van der Waals surface area (Å²) < 4.78 is 24.5. The van der Waals surface area contributed by atoms with Crippen LogP contribution in [0.1, 0.15) is 17.2 Å². The van der Waals surface area contributed by atoms with E-state index in [2.05, 4.69) is 10.6 Å². The van der Waals surface area contributed by atoms with E-state index in [1.807, 2.05) is 30.3 Å². The van der Waals surface area contributed by atoms with Gasteiger partial charge in [0.25, 0.3) is 0 Å². The van der Waals surface area contributed by atoms with Gasteiger partial charge in [-0.3, -0.25) is 4.21 Å². The topological polar surface area (TPSA) is 58.2 Å². The molecule has 2 aromatic carbocycles. The molecule has 0 saturated carbocycles. The molecular weight excluding hydrogens is 315 g/mol. The SMILES string of the molecule is C[S@](=O)CCNC(=O)N[C@@H](c1ccccc1)c1cccc(F)c1. The first-order chi connectivity index (χ1) is 11.1. The third kappa shape index (κ3) is 5.49. The molecule has 0 aliphatic carbocycles. The van der Waals surface area contributed by atoms with Gasteiger partial charge in [0.05, 0.1) is 6.04 Å². The fourth-order valence-corrected chi connectivity index (χ4v) is 2.57. The number of benzene rings is 2. The monoisotopic (exact) mass is 334 g/mol. The molecule has 4 nitrogen and oxygen atoms in total. The molecule has 0 fully saturated rings. The maximum atomic E-state index is 13.5. The molecule has 2 amide bonds. The molecule has 122 valence electrons. The summed E-state index contributed by atoms with van der Waals surface area (Å²) in [6, 6.07) is 14.6. The summed E-state index contributed by atoms with van der Waals surface area (Å²) in [7, 11) is -0.962. The first kappa shape index (κ1) is 17.1. The lowest BCUT2D eigenvalue weighted by Crippen LogP contribution is -2.39. The Bertz CT molecular complexity index is 679. The second kappa shape index (κ2) is 8.43. The van der Waals surface area contributed by atoms with E-state index in [1.165, 1.54) is 12.1 Å². The van der Waals surface area contributed by atoms with Gasteiger partial charge < -0.3 is 10.6 Å². The van der Waals surface area contributed by atoms with Crippen molar-refractivity contribution in [3.8, 4) is 0 Å². The molecular formula is C17H19FN2O2S. The zero-order valence-electron chi connectivity index (χ0n) is 12.8. The molecule has 0 unspecified atom stereocenters. The Morgan fingerprint density at radius 2 is 1.83 bits per heavy atom. The Morgan fingerprint density at radius 3 is 2.48 bits per heavy atom. The van der Waals surface area contributed by atoms with Crippen LogP contribution in [-0.2, 0) is 10.8 Å². The van der Waals surface area contributed by atoms with E-state index in [1.54, 1.807) is 18.4 Å². The van der Waals surface area contributed by atoms with Crippen molar-refractivity contribution in [1.29, 1.82) is 0 Å². The van der Waals surface area contributed by atoms with E-state index in [9.17, 15) is 13.4 Å². The van der Waals surface area contributed by atoms with E-state index in [-0.39, 0.29) is 11.8 Å². The first-order valence-electron chi connectivity index (χ1n) is 7.21. The van der Waals surface area contributed by atoms with E-state index in [0.717, 1.165) is 5.56 Å². The Kier molecular flexibility index (Phi) is 6.29. The second-order valence-electron chi connectivity index (χ2n) is 5.08. The standard InChI is InChI=1S/C17H19FN2O2S/c1-23(22)11-10-19-17(21)20-16(13-6-3-2-4-7-13)14-8-5-9-15(18)12-14/h2-9,12,16H,10-11H2,1H3,(H2,19,20,21)/t16-,23-/m0/s1. The smallest absolute Gasteiger partial charge is 0.315 e. The van der Waals surface area contributed by atoms with Gasteiger partial charge in [0.1, 0.15) is 5.82 Å². The van der Waals surface area contributed by atoms with Crippen molar-refractivity contribution < 1.29 is 13.4 Å². The fourth-order valence-electron chi connectivity index (χ4n) is 2.18. The fraction of sp³-hybridized carbons (Fsp3) is 0.235. The highest BCUT2D eigenvalue weighted by molar-refractivity contribution is 7.84. The zero-order valence-corrected chi connectivity index (χ0v) is 13.6. The van der Waals surface area contributed by atoms with Crippen LogP contribution < -0.4 is 10.6 Å². The molecule has 2 rings (SSSR count). The molecule has 0 aliphatic heterocycles. The van der Waals surface area contributed by atoms with Crippen LogP contribution in [0.4, 0.5) is 9.18 Å². The molecule has 0 aromatic heterocycles. The maximum absolute atomic E-state index is 13.5. The number of halogens is 1. The third-order valence-electron chi connectivity index (χ3n) is 3.27. The zero-order chi connectivity index (χ0) is 16.7. The summed E-state index contributed by atoms with van der Waals surface area (Å²) in [5, 5.41) is 5.50. The Labute approximate surface area is 137 Å². The highest BCUT2D eigenvalue weighted by Gasteiger charge is 2.17. The number of urea groups is 1. The largest absolute Gasteiger partial charge is 0.337 e. The van der Waals surface area contributed by atoms with Crippen molar-refractivity contribution in [2.75, 3.05) is 18.6 Å². The predicted octanol–water partition coefficient (Wildman–Crippen LogP) is 2.59. The van der Waals surface area contributed by atoms with Gasteiger partial charge in [0, 0.05) is 29.4 Å². The minimum absolute atomic E-state index is 0.319. The molecule has 0 heterocycles. The predicted molar refractivity (Wildman–Crippen MR) is 90.2 cm³/mol. The average molecular weight is 334 g/mol. The van der Waals surface area contributed by atoms with Crippen molar-refractivity contribution in [3.63, 3.8) is 0 Å². The second-order valence-corrected chi connectivity index (χ2v) is 6.63. The number of carbonyl (C=O) groups is 1. The minimum atomic E-state index is -0.962. The van der Waals surface area contributed by atoms with Gasteiger partial charge in [-0.25, -0.2) is 9.18 Å². The molecule has 0 saturated heterocycles. The molecule has 2 aromatic rings. The van der Waals surface area contributed by atoms with Crippen molar-refractivity contribution in [3.05, 3.63) is 71.5 Å². The van der Waals surface area contributed by atoms with Crippen LogP contribution in [0.5, 0.6) is 0 Å². The molecule has 23 heavy (non-hydrogen) atoms. The van der Waals surface area contributed by atoms with Crippen LogP contribution in [0.3, 0.4) is 0 Å². The Balaban J connectivity index is 2.15. The van der Waals surface area contributed by atoms with Crippen molar-refractivity contribution in [1.82, 2.24) is 10.6 Å². The number of amides is 2. The van der Waals surface area contributed by atoms with Gasteiger partial charge in [0.2, 0.25) is 0 Å². The molecule has 0 radical (unpaired) electrons. The highest BCUT2D eigenvalue weighted by atomic mass is 32.2. The first-order valence-corrected chi connectivity index (χ1v) is 8.94. The highest BCUT2D eigenvalue weighted by Crippen LogP contribution is 2.22. The average Bonchev–Trinajstić information content (AvgIpc) is 2.53. The van der Waals surface area contributed by atoms with Gasteiger partial charge in [0.15, 0.2) is 0 Å². The summed E-state index contributed by atoms with van der Waals surface area (Å²) in [5.74, 6) is 0.0376. The Morgan fingerprint density at radius 1 is 1.13 bits per heavy atom. The maximum Gasteiger partial charge on any atom is 0.315 e. The van der Waals surface area contributed by atoms with Crippen LogP contribution in [0, 0.1) is 5.82 Å². The van der Waals surface area contributed by atoms with Crippen molar-refractivity contribution in [2.24, 2.45) is 0 Å². The van der Waals surface area contributed by atoms with E-state index in [0.29, 0.717) is 17.9 Å². The normalized spacial score (nSPS) is 13.1. The van der Waals surface area contributed by atoms with Crippen LogP contribution in [-0.4, -0.2) is 28.8 Å². The quantitative estimate of drug-likeness (QED) is 0.853. The number of nitrogens with one attached hydrogen (secondary N) is 2. The molecule has 0 spiro atoms. The minimum Gasteiger partial charge on any atom is -0.337 e. The lowest BCUT2D eigenvalue weighted by atomic mass is 9.99. The van der Waals surface area contributed by atoms with Crippen LogP contribution in [0.2, 0.25) is 0 Å². The summed E-state index contributed by atoms with van der Waals surface area (Å²) in [5.41, 5.74) is 1.51. The summed E-state index contributed by atoms with van der Waals surface area (Å²) in [6.07, 6.45) is 1.58. The lowest BCUT2D eigenvalue weighted by Gasteiger charge is -2.20. The van der Waals surface area contributed by atoms with Crippen molar-refractivity contribution in [2.45, 2.75) is 6.04 Å². The molecule has 2 N–H and O–H groups in total. The molecule has 0 aliphatic rings. The number of hydrogen-bond donors (Lipinski definition) is 2. The van der Waals surface area contributed by atoms with E-state index < -0.39 is 16.8 Å². The number of carbonyl (C=O) groups excluding carboxylic acids is 1. The van der Waals surface area contributed by atoms with Gasteiger partial charge in [-0.05, 0) is 23.3 Å². The number of hydrogen-bond acceptors (Lipinski definition) is 2. The molecule has 2 atom stereocenters. The molecule has 0 bridgehead atoms. The van der Waals surface area contributed by atoms with Gasteiger partial charge in [-0.2, -0.15) is 0 Å². The Hall–Kier alpha value is -2.21. The van der Waals surface area contributed by atoms with Gasteiger partial charge in [-0.1, -0.05) is 42.5 Å². The summed E-state index contributed by atoms with van der Waals surface area (Å²) >= 11 is 0. The summed E-state index contributed by atoms with van der Waals surface area (Å²) in [4.78, 5) is 12.1. The van der Waals surface area contributed by atoms with E-state index >= 15 is 0 Å². The van der Waals surface area contributed by atoms with Gasteiger partial charge >= 0.3 is 6.03 Å².